The lowest BCUT2D eigenvalue weighted by atomic mass is 10.1. The average molecular weight is 406 g/mol. The first-order valence-electron chi connectivity index (χ1n) is 10.2. The standard InChI is InChI=1S/C23H26N4O3/c1-29-13-14-30-18-9-7-17(8-10-18)16-27-12-4-6-21(27)23-25-20(15-22(28)26-23)19-5-2-3-11-24-19/h2-3,5,7-11,15,21H,4,6,12-14,16H2,1H3,(H,25,26,28)/t21-/m0/s1. The second-order valence-corrected chi connectivity index (χ2v) is 7.34. The Labute approximate surface area is 175 Å². The fourth-order valence-electron chi connectivity index (χ4n) is 3.77. The number of likely N-dealkylation sites (tertiary alicyclic amines) is 1. The van der Waals surface area contributed by atoms with Gasteiger partial charge >= 0.3 is 0 Å². The van der Waals surface area contributed by atoms with Crippen molar-refractivity contribution in [3.8, 4) is 17.1 Å². The van der Waals surface area contributed by atoms with Gasteiger partial charge in [0.05, 0.1) is 24.0 Å². The van der Waals surface area contributed by atoms with Crippen molar-refractivity contribution >= 4 is 0 Å². The van der Waals surface area contributed by atoms with Crippen LogP contribution in [0.4, 0.5) is 0 Å². The molecule has 1 fully saturated rings. The maximum atomic E-state index is 12.3. The summed E-state index contributed by atoms with van der Waals surface area (Å²) in [7, 11) is 1.66. The van der Waals surface area contributed by atoms with Crippen LogP contribution in [-0.2, 0) is 11.3 Å². The van der Waals surface area contributed by atoms with E-state index in [1.54, 1.807) is 13.3 Å². The number of ether oxygens (including phenoxy) is 2. The molecule has 0 amide bonds. The SMILES string of the molecule is COCCOc1ccc(CN2CCC[C@H]2c2nc(-c3ccccn3)cc(=O)[nH]2)cc1. The first-order chi connectivity index (χ1) is 14.7. The summed E-state index contributed by atoms with van der Waals surface area (Å²) in [4.78, 5) is 26.7. The van der Waals surface area contributed by atoms with Crippen molar-refractivity contribution in [2.45, 2.75) is 25.4 Å². The number of nitrogens with zero attached hydrogens (tertiary/aromatic N) is 3. The predicted octanol–water partition coefficient (Wildman–Crippen LogP) is 3.19. The second kappa shape index (κ2) is 9.65. The van der Waals surface area contributed by atoms with Gasteiger partial charge in [-0.25, -0.2) is 4.98 Å². The molecule has 1 aliphatic rings. The topological polar surface area (TPSA) is 80.3 Å². The van der Waals surface area contributed by atoms with Crippen molar-refractivity contribution < 1.29 is 9.47 Å². The molecule has 0 bridgehead atoms. The lowest BCUT2D eigenvalue weighted by molar-refractivity contribution is 0.146. The first kappa shape index (κ1) is 20.3. The van der Waals surface area contributed by atoms with Crippen LogP contribution in [0.15, 0.2) is 59.5 Å². The van der Waals surface area contributed by atoms with Crippen molar-refractivity contribution in [3.63, 3.8) is 0 Å². The Morgan fingerprint density at radius 1 is 1.13 bits per heavy atom. The fraction of sp³-hybridized carbons (Fsp3) is 0.348. The summed E-state index contributed by atoms with van der Waals surface area (Å²) < 4.78 is 10.6. The number of hydrogen-bond acceptors (Lipinski definition) is 6. The number of methoxy groups -OCH3 is 1. The zero-order chi connectivity index (χ0) is 20.8. The van der Waals surface area contributed by atoms with Gasteiger partial charge in [-0.15, -0.1) is 0 Å². The largest absolute Gasteiger partial charge is 0.491 e. The zero-order valence-corrected chi connectivity index (χ0v) is 17.1. The van der Waals surface area contributed by atoms with Gasteiger partial charge in [-0.05, 0) is 49.2 Å². The smallest absolute Gasteiger partial charge is 0.251 e. The average Bonchev–Trinajstić information content (AvgIpc) is 3.23. The summed E-state index contributed by atoms with van der Waals surface area (Å²) in [5.41, 5.74) is 2.37. The van der Waals surface area contributed by atoms with Crippen molar-refractivity contribution in [3.05, 3.63) is 76.5 Å². The molecular formula is C23H26N4O3. The summed E-state index contributed by atoms with van der Waals surface area (Å²) in [6.45, 7) is 2.87. The number of hydrogen-bond donors (Lipinski definition) is 1. The van der Waals surface area contributed by atoms with Crippen LogP contribution in [0, 0.1) is 0 Å². The minimum atomic E-state index is -0.148. The quantitative estimate of drug-likeness (QED) is 0.579. The normalized spacial score (nSPS) is 16.6. The number of benzene rings is 1. The highest BCUT2D eigenvalue weighted by Crippen LogP contribution is 2.31. The number of aromatic amines is 1. The van der Waals surface area contributed by atoms with Crippen LogP contribution in [0.1, 0.15) is 30.3 Å². The van der Waals surface area contributed by atoms with Crippen LogP contribution in [0.3, 0.4) is 0 Å². The molecule has 3 aromatic rings. The Bertz CT molecular complexity index is 1000. The maximum absolute atomic E-state index is 12.3. The van der Waals surface area contributed by atoms with E-state index >= 15 is 0 Å². The van der Waals surface area contributed by atoms with Gasteiger partial charge in [-0.3, -0.25) is 14.7 Å². The summed E-state index contributed by atoms with van der Waals surface area (Å²) in [6, 6.07) is 15.3. The highest BCUT2D eigenvalue weighted by atomic mass is 16.5. The lowest BCUT2D eigenvalue weighted by Crippen LogP contribution is -2.26. The van der Waals surface area contributed by atoms with E-state index in [9.17, 15) is 4.79 Å². The summed E-state index contributed by atoms with van der Waals surface area (Å²) in [5, 5.41) is 0. The Hall–Kier alpha value is -3.03. The van der Waals surface area contributed by atoms with Crippen LogP contribution in [0.25, 0.3) is 11.4 Å². The van der Waals surface area contributed by atoms with Gasteiger partial charge in [0, 0.05) is 25.9 Å². The molecule has 7 nitrogen and oxygen atoms in total. The summed E-state index contributed by atoms with van der Waals surface area (Å²) in [5.74, 6) is 1.54. The van der Waals surface area contributed by atoms with Crippen LogP contribution in [0.5, 0.6) is 5.75 Å². The molecule has 1 aromatic carbocycles. The molecule has 156 valence electrons. The molecule has 2 aromatic heterocycles. The van der Waals surface area contributed by atoms with Gasteiger partial charge < -0.3 is 14.5 Å². The van der Waals surface area contributed by atoms with Gasteiger partial charge in [0.1, 0.15) is 18.2 Å². The summed E-state index contributed by atoms with van der Waals surface area (Å²) in [6.07, 6.45) is 3.75. The number of pyridine rings is 1. The second-order valence-electron chi connectivity index (χ2n) is 7.34. The van der Waals surface area contributed by atoms with Gasteiger partial charge in [0.25, 0.3) is 5.56 Å². The minimum absolute atomic E-state index is 0.0824. The number of aromatic nitrogens is 3. The van der Waals surface area contributed by atoms with E-state index in [-0.39, 0.29) is 11.6 Å². The van der Waals surface area contributed by atoms with Crippen LogP contribution in [0.2, 0.25) is 0 Å². The molecule has 0 aliphatic carbocycles. The van der Waals surface area contributed by atoms with E-state index < -0.39 is 0 Å². The summed E-state index contributed by atoms with van der Waals surface area (Å²) >= 11 is 0. The number of H-pyrrole nitrogens is 1. The molecule has 0 saturated carbocycles. The van der Waals surface area contributed by atoms with Gasteiger partial charge in [0.15, 0.2) is 0 Å². The first-order valence-corrected chi connectivity index (χ1v) is 10.2. The van der Waals surface area contributed by atoms with E-state index in [0.29, 0.717) is 30.4 Å². The van der Waals surface area contributed by atoms with E-state index in [2.05, 4.69) is 27.0 Å². The molecule has 7 heteroatoms. The molecule has 4 rings (SSSR count). The van der Waals surface area contributed by atoms with Crippen LogP contribution < -0.4 is 10.3 Å². The Morgan fingerprint density at radius 2 is 2.00 bits per heavy atom. The molecule has 30 heavy (non-hydrogen) atoms. The van der Waals surface area contributed by atoms with E-state index in [0.717, 1.165) is 31.7 Å². The van der Waals surface area contributed by atoms with Gasteiger partial charge in [-0.1, -0.05) is 18.2 Å². The van der Waals surface area contributed by atoms with Crippen molar-refractivity contribution in [1.29, 1.82) is 0 Å². The van der Waals surface area contributed by atoms with Crippen LogP contribution >= 0.6 is 0 Å². The van der Waals surface area contributed by atoms with Gasteiger partial charge in [0.2, 0.25) is 0 Å². The highest BCUT2D eigenvalue weighted by Gasteiger charge is 2.28. The van der Waals surface area contributed by atoms with E-state index in [4.69, 9.17) is 14.5 Å². The number of rotatable bonds is 8. The fourth-order valence-corrected chi connectivity index (χ4v) is 3.77. The molecule has 1 N–H and O–H groups in total. The van der Waals surface area contributed by atoms with E-state index in [1.165, 1.54) is 11.6 Å². The molecule has 1 atom stereocenters. The monoisotopic (exact) mass is 406 g/mol. The van der Waals surface area contributed by atoms with Crippen molar-refractivity contribution in [2.75, 3.05) is 26.9 Å². The van der Waals surface area contributed by atoms with Crippen molar-refractivity contribution in [1.82, 2.24) is 19.9 Å². The molecule has 1 aliphatic heterocycles. The minimum Gasteiger partial charge on any atom is -0.491 e. The third-order valence-corrected chi connectivity index (χ3v) is 5.23. The maximum Gasteiger partial charge on any atom is 0.251 e. The molecule has 0 radical (unpaired) electrons. The van der Waals surface area contributed by atoms with Crippen LogP contribution in [-0.4, -0.2) is 46.7 Å². The molecular weight excluding hydrogens is 380 g/mol. The predicted molar refractivity (Wildman–Crippen MR) is 114 cm³/mol. The third-order valence-electron chi connectivity index (χ3n) is 5.23. The number of nitrogens with one attached hydrogen (secondary N) is 1. The third kappa shape index (κ3) is 4.93. The Kier molecular flexibility index (Phi) is 6.51. The van der Waals surface area contributed by atoms with Gasteiger partial charge in [-0.2, -0.15) is 0 Å². The van der Waals surface area contributed by atoms with E-state index in [1.807, 2.05) is 30.3 Å². The lowest BCUT2D eigenvalue weighted by Gasteiger charge is -2.24. The van der Waals surface area contributed by atoms with Crippen molar-refractivity contribution in [2.24, 2.45) is 0 Å². The molecule has 1 saturated heterocycles. The Balaban J connectivity index is 1.49. The Morgan fingerprint density at radius 3 is 2.77 bits per heavy atom. The molecule has 0 unspecified atom stereocenters. The molecule has 0 spiro atoms. The molecule has 3 heterocycles. The highest BCUT2D eigenvalue weighted by molar-refractivity contribution is 5.52. The zero-order valence-electron chi connectivity index (χ0n) is 17.1.